The fraction of sp³-hybridized carbons (Fsp3) is 0.350. The summed E-state index contributed by atoms with van der Waals surface area (Å²) >= 11 is 5.98. The summed E-state index contributed by atoms with van der Waals surface area (Å²) in [6, 6.07) is 10.7. The van der Waals surface area contributed by atoms with Gasteiger partial charge in [-0.25, -0.2) is 10.9 Å². The third-order valence-electron chi connectivity index (χ3n) is 5.26. The van der Waals surface area contributed by atoms with Crippen LogP contribution in [0.1, 0.15) is 28.4 Å². The van der Waals surface area contributed by atoms with E-state index in [0.717, 1.165) is 5.56 Å². The molecular formula is C20H22ClN5O2. The van der Waals surface area contributed by atoms with Crippen LogP contribution < -0.4 is 10.9 Å². The Balaban J connectivity index is 1.31. The summed E-state index contributed by atoms with van der Waals surface area (Å²) in [7, 11) is 0. The molecule has 2 aromatic rings. The highest BCUT2D eigenvalue weighted by Crippen LogP contribution is 2.23. The molecule has 0 aliphatic carbocycles. The fourth-order valence-electron chi connectivity index (χ4n) is 3.69. The summed E-state index contributed by atoms with van der Waals surface area (Å²) in [5.41, 5.74) is 7.99. The molecular weight excluding hydrogens is 378 g/mol. The van der Waals surface area contributed by atoms with Gasteiger partial charge in [-0.2, -0.15) is 0 Å². The molecule has 0 spiro atoms. The van der Waals surface area contributed by atoms with Crippen LogP contribution in [0.5, 0.6) is 0 Å². The molecule has 7 nitrogen and oxygen atoms in total. The number of halogens is 1. The van der Waals surface area contributed by atoms with E-state index in [2.05, 4.69) is 15.8 Å². The average Bonchev–Trinajstić information content (AvgIpc) is 3.24. The predicted octanol–water partition coefficient (Wildman–Crippen LogP) is 1.63. The molecule has 2 fully saturated rings. The van der Waals surface area contributed by atoms with Crippen molar-refractivity contribution in [1.29, 1.82) is 0 Å². The lowest BCUT2D eigenvalue weighted by Gasteiger charge is -2.36. The SMILES string of the molecule is O=C(c1cccc(Cl)c1)N1CCN(C(=O)C2CC(c3ccncc3)NN2)CC1. The van der Waals surface area contributed by atoms with Crippen LogP contribution in [0.2, 0.25) is 5.02 Å². The second-order valence-corrected chi connectivity index (χ2v) is 7.47. The maximum atomic E-state index is 12.9. The summed E-state index contributed by atoms with van der Waals surface area (Å²) in [4.78, 5) is 33.1. The molecule has 0 radical (unpaired) electrons. The predicted molar refractivity (Wildman–Crippen MR) is 106 cm³/mol. The Labute approximate surface area is 168 Å². The third kappa shape index (κ3) is 4.01. The highest BCUT2D eigenvalue weighted by atomic mass is 35.5. The number of rotatable bonds is 3. The van der Waals surface area contributed by atoms with Gasteiger partial charge >= 0.3 is 0 Å². The number of hydrogen-bond acceptors (Lipinski definition) is 5. The van der Waals surface area contributed by atoms with Crippen LogP contribution in [0.3, 0.4) is 0 Å². The summed E-state index contributed by atoms with van der Waals surface area (Å²) in [6.45, 7) is 2.10. The van der Waals surface area contributed by atoms with Gasteiger partial charge in [0.25, 0.3) is 5.91 Å². The van der Waals surface area contributed by atoms with Crippen molar-refractivity contribution in [3.05, 3.63) is 64.9 Å². The van der Waals surface area contributed by atoms with E-state index in [1.807, 2.05) is 17.0 Å². The van der Waals surface area contributed by atoms with Gasteiger partial charge in [-0.05, 0) is 42.3 Å². The van der Waals surface area contributed by atoms with Crippen molar-refractivity contribution >= 4 is 23.4 Å². The second kappa shape index (κ2) is 8.26. The Bertz CT molecular complexity index is 855. The smallest absolute Gasteiger partial charge is 0.254 e. The summed E-state index contributed by atoms with van der Waals surface area (Å²) in [6.07, 6.45) is 4.19. The molecule has 1 aromatic carbocycles. The number of nitrogens with one attached hydrogen (secondary N) is 2. The topological polar surface area (TPSA) is 77.6 Å². The van der Waals surface area contributed by atoms with E-state index >= 15 is 0 Å². The van der Waals surface area contributed by atoms with Crippen molar-refractivity contribution in [3.63, 3.8) is 0 Å². The maximum absolute atomic E-state index is 12.9. The number of carbonyl (C=O) groups is 2. The van der Waals surface area contributed by atoms with Crippen molar-refractivity contribution in [2.24, 2.45) is 0 Å². The zero-order chi connectivity index (χ0) is 19.5. The molecule has 2 N–H and O–H groups in total. The van der Waals surface area contributed by atoms with Crippen LogP contribution in [-0.2, 0) is 4.79 Å². The highest BCUT2D eigenvalue weighted by Gasteiger charge is 2.34. The lowest BCUT2D eigenvalue weighted by atomic mass is 10.0. The molecule has 0 bridgehead atoms. The monoisotopic (exact) mass is 399 g/mol. The van der Waals surface area contributed by atoms with Gasteiger partial charge in [0.05, 0.1) is 0 Å². The summed E-state index contributed by atoms with van der Waals surface area (Å²) in [5.74, 6) is 0.0203. The molecule has 3 heterocycles. The minimum Gasteiger partial charge on any atom is -0.338 e. The van der Waals surface area contributed by atoms with Crippen molar-refractivity contribution in [1.82, 2.24) is 25.6 Å². The zero-order valence-corrected chi connectivity index (χ0v) is 16.1. The molecule has 2 unspecified atom stereocenters. The van der Waals surface area contributed by atoms with Crippen molar-refractivity contribution in [2.45, 2.75) is 18.5 Å². The first-order valence-electron chi connectivity index (χ1n) is 9.36. The summed E-state index contributed by atoms with van der Waals surface area (Å²) < 4.78 is 0. The van der Waals surface area contributed by atoms with E-state index in [4.69, 9.17) is 11.6 Å². The Morgan fingerprint density at radius 3 is 2.43 bits per heavy atom. The number of aromatic nitrogens is 1. The average molecular weight is 400 g/mol. The van der Waals surface area contributed by atoms with Gasteiger partial charge in [-0.15, -0.1) is 0 Å². The van der Waals surface area contributed by atoms with E-state index in [0.29, 0.717) is 43.2 Å². The fourth-order valence-corrected chi connectivity index (χ4v) is 3.88. The molecule has 2 amide bonds. The quantitative estimate of drug-likeness (QED) is 0.820. The van der Waals surface area contributed by atoms with Gasteiger partial charge in [0.1, 0.15) is 6.04 Å². The van der Waals surface area contributed by atoms with Crippen LogP contribution in [0.15, 0.2) is 48.8 Å². The second-order valence-electron chi connectivity index (χ2n) is 7.04. The first-order valence-corrected chi connectivity index (χ1v) is 9.74. The van der Waals surface area contributed by atoms with Crippen LogP contribution >= 0.6 is 11.6 Å². The Hall–Kier alpha value is -2.48. The number of hydrogen-bond donors (Lipinski definition) is 2. The number of carbonyl (C=O) groups excluding carboxylic acids is 2. The number of benzene rings is 1. The zero-order valence-electron chi connectivity index (χ0n) is 15.3. The van der Waals surface area contributed by atoms with Gasteiger partial charge in [0.15, 0.2) is 0 Å². The first-order chi connectivity index (χ1) is 13.6. The van der Waals surface area contributed by atoms with Crippen LogP contribution in [0.4, 0.5) is 0 Å². The number of nitrogens with zero attached hydrogens (tertiary/aromatic N) is 3. The third-order valence-corrected chi connectivity index (χ3v) is 5.49. The molecule has 4 rings (SSSR count). The van der Waals surface area contributed by atoms with Crippen LogP contribution in [0.25, 0.3) is 0 Å². The van der Waals surface area contributed by atoms with E-state index in [-0.39, 0.29) is 23.9 Å². The van der Waals surface area contributed by atoms with Crippen LogP contribution in [0, 0.1) is 0 Å². The Morgan fingerprint density at radius 2 is 1.71 bits per heavy atom. The summed E-state index contributed by atoms with van der Waals surface area (Å²) in [5, 5.41) is 0.545. The maximum Gasteiger partial charge on any atom is 0.254 e. The van der Waals surface area contributed by atoms with Crippen molar-refractivity contribution in [2.75, 3.05) is 26.2 Å². The number of pyridine rings is 1. The lowest BCUT2D eigenvalue weighted by Crippen LogP contribution is -2.54. The van der Waals surface area contributed by atoms with E-state index in [1.165, 1.54) is 0 Å². The van der Waals surface area contributed by atoms with Gasteiger partial charge < -0.3 is 9.80 Å². The van der Waals surface area contributed by atoms with E-state index < -0.39 is 0 Å². The lowest BCUT2D eigenvalue weighted by molar-refractivity contribution is -0.134. The van der Waals surface area contributed by atoms with Gasteiger partial charge in [-0.1, -0.05) is 17.7 Å². The number of hydrazine groups is 1. The molecule has 2 aliphatic heterocycles. The van der Waals surface area contributed by atoms with Crippen molar-refractivity contribution in [3.8, 4) is 0 Å². The molecule has 2 aliphatic rings. The van der Waals surface area contributed by atoms with Gasteiger partial charge in [0, 0.05) is 55.2 Å². The molecule has 146 valence electrons. The van der Waals surface area contributed by atoms with Gasteiger partial charge in [0.2, 0.25) is 5.91 Å². The van der Waals surface area contributed by atoms with Crippen molar-refractivity contribution < 1.29 is 9.59 Å². The normalized spacial score (nSPS) is 22.3. The molecule has 2 atom stereocenters. The minimum atomic E-state index is -0.270. The van der Waals surface area contributed by atoms with E-state index in [1.54, 1.807) is 41.6 Å². The standard InChI is InChI=1S/C20H22ClN5O2/c21-16-3-1-2-15(12-16)19(27)25-8-10-26(11-9-25)20(28)18-13-17(23-24-18)14-4-6-22-7-5-14/h1-7,12,17-18,23-24H,8-11,13H2. The molecule has 1 aromatic heterocycles. The van der Waals surface area contributed by atoms with E-state index in [9.17, 15) is 9.59 Å². The van der Waals surface area contributed by atoms with Gasteiger partial charge in [-0.3, -0.25) is 14.6 Å². The molecule has 8 heteroatoms. The minimum absolute atomic E-state index is 0.0481. The Kier molecular flexibility index (Phi) is 5.57. The Morgan fingerprint density at radius 1 is 1.00 bits per heavy atom. The first kappa shape index (κ1) is 18.9. The molecule has 0 saturated carbocycles. The largest absolute Gasteiger partial charge is 0.338 e. The number of piperazine rings is 1. The highest BCUT2D eigenvalue weighted by molar-refractivity contribution is 6.30. The van der Waals surface area contributed by atoms with Crippen LogP contribution in [-0.4, -0.2) is 58.8 Å². The molecule has 28 heavy (non-hydrogen) atoms. The molecule has 2 saturated heterocycles. The number of amides is 2.